The summed E-state index contributed by atoms with van der Waals surface area (Å²) in [6.45, 7) is 3.03. The lowest BCUT2D eigenvalue weighted by Crippen LogP contribution is -2.49. The van der Waals surface area contributed by atoms with Crippen LogP contribution in [-0.4, -0.2) is 71.3 Å². The topological polar surface area (TPSA) is 113 Å². The normalized spacial score (nSPS) is 20.0. The average Bonchev–Trinajstić information content (AvgIpc) is 3.18. The molecule has 2 aliphatic heterocycles. The lowest BCUT2D eigenvalue weighted by atomic mass is 10.1. The third-order valence-electron chi connectivity index (χ3n) is 6.21. The van der Waals surface area contributed by atoms with Gasteiger partial charge in [0, 0.05) is 43.6 Å². The Bertz CT molecular complexity index is 1110. The first-order chi connectivity index (χ1) is 16.2. The number of para-hydroxylation sites is 1. The molecule has 0 saturated carbocycles. The zero-order valence-electron chi connectivity index (χ0n) is 18.8. The Hall–Kier alpha value is -3.30. The Balaban J connectivity index is 1.60. The molecule has 3 amide bonds. The SMILES string of the molecule is C[C@@H]1CN(C(=O)c2ccc(N3CCC(O)C3)cc2Cl)c2ccccc2CN1C(=O)NCC(=O)O. The summed E-state index contributed by atoms with van der Waals surface area (Å²) in [4.78, 5) is 42.4. The molecule has 1 fully saturated rings. The number of rotatable bonds is 4. The molecule has 3 N–H and O–H groups in total. The van der Waals surface area contributed by atoms with Gasteiger partial charge in [0.2, 0.25) is 0 Å². The number of hydrogen-bond acceptors (Lipinski definition) is 5. The Morgan fingerprint density at radius 1 is 1.15 bits per heavy atom. The molecule has 2 aromatic rings. The summed E-state index contributed by atoms with van der Waals surface area (Å²) in [5.41, 5.74) is 2.64. The van der Waals surface area contributed by atoms with Gasteiger partial charge in [-0.1, -0.05) is 29.8 Å². The number of nitrogens with one attached hydrogen (secondary N) is 1. The fraction of sp³-hybridized carbons (Fsp3) is 0.375. The van der Waals surface area contributed by atoms with Crippen molar-refractivity contribution in [2.75, 3.05) is 36.0 Å². The van der Waals surface area contributed by atoms with Crippen LogP contribution in [0.3, 0.4) is 0 Å². The van der Waals surface area contributed by atoms with Crippen molar-refractivity contribution >= 4 is 40.9 Å². The Morgan fingerprint density at radius 3 is 2.59 bits per heavy atom. The first kappa shape index (κ1) is 23.8. The van der Waals surface area contributed by atoms with Gasteiger partial charge in [-0.15, -0.1) is 0 Å². The van der Waals surface area contributed by atoms with Gasteiger partial charge in [-0.25, -0.2) is 4.79 Å². The van der Waals surface area contributed by atoms with Crippen LogP contribution in [0.4, 0.5) is 16.2 Å². The summed E-state index contributed by atoms with van der Waals surface area (Å²) in [5, 5.41) is 21.4. The number of amides is 3. The molecule has 0 aliphatic carbocycles. The van der Waals surface area contributed by atoms with E-state index in [4.69, 9.17) is 16.7 Å². The van der Waals surface area contributed by atoms with Gasteiger partial charge in [0.1, 0.15) is 6.54 Å². The number of aliphatic carboxylic acids is 1. The van der Waals surface area contributed by atoms with E-state index in [9.17, 15) is 19.5 Å². The number of benzene rings is 2. The summed E-state index contributed by atoms with van der Waals surface area (Å²) >= 11 is 6.55. The van der Waals surface area contributed by atoms with Gasteiger partial charge in [-0.2, -0.15) is 0 Å². The van der Waals surface area contributed by atoms with Crippen LogP contribution in [0.15, 0.2) is 42.5 Å². The molecule has 34 heavy (non-hydrogen) atoms. The molecule has 10 heteroatoms. The van der Waals surface area contributed by atoms with Crippen molar-refractivity contribution in [2.24, 2.45) is 0 Å². The lowest BCUT2D eigenvalue weighted by molar-refractivity contribution is -0.135. The molecule has 1 unspecified atom stereocenters. The number of hydrogen-bond donors (Lipinski definition) is 3. The summed E-state index contributed by atoms with van der Waals surface area (Å²) < 4.78 is 0. The van der Waals surface area contributed by atoms with Crippen molar-refractivity contribution < 1.29 is 24.6 Å². The zero-order chi connectivity index (χ0) is 24.4. The Kier molecular flexibility index (Phi) is 6.95. The van der Waals surface area contributed by atoms with Crippen molar-refractivity contribution in [1.29, 1.82) is 0 Å². The van der Waals surface area contributed by atoms with Gasteiger partial charge >= 0.3 is 12.0 Å². The van der Waals surface area contributed by atoms with Gasteiger partial charge in [-0.05, 0) is 43.2 Å². The number of aliphatic hydroxyl groups is 1. The van der Waals surface area contributed by atoms with Crippen LogP contribution in [0.2, 0.25) is 5.02 Å². The van der Waals surface area contributed by atoms with Crippen LogP contribution >= 0.6 is 11.6 Å². The Morgan fingerprint density at radius 2 is 1.91 bits per heavy atom. The van der Waals surface area contributed by atoms with Gasteiger partial charge in [-0.3, -0.25) is 9.59 Å². The van der Waals surface area contributed by atoms with E-state index in [2.05, 4.69) is 5.32 Å². The van der Waals surface area contributed by atoms with Crippen LogP contribution in [0.1, 0.15) is 29.3 Å². The number of urea groups is 1. The second-order valence-corrected chi connectivity index (χ2v) is 9.03. The fourth-order valence-electron chi connectivity index (χ4n) is 4.42. The standard InChI is InChI=1S/C24H27ClN4O5/c1-15-12-29(21-5-3-2-4-16(21)13-28(15)24(34)26-11-22(31)32)23(33)19-7-6-17(10-20(19)25)27-9-8-18(30)14-27/h2-7,10,15,18,30H,8-9,11-14H2,1H3,(H,26,34)(H,31,32)/t15-,18?/m1/s1. The molecule has 9 nitrogen and oxygen atoms in total. The number of fused-ring (bicyclic) bond motifs is 1. The maximum atomic E-state index is 13.6. The smallest absolute Gasteiger partial charge is 0.323 e. The maximum Gasteiger partial charge on any atom is 0.323 e. The summed E-state index contributed by atoms with van der Waals surface area (Å²) in [6.07, 6.45) is 0.322. The molecular formula is C24H27ClN4O5. The van der Waals surface area contributed by atoms with E-state index in [1.165, 1.54) is 4.90 Å². The van der Waals surface area contributed by atoms with Crippen LogP contribution in [0.5, 0.6) is 0 Å². The van der Waals surface area contributed by atoms with E-state index in [1.54, 1.807) is 17.0 Å². The van der Waals surface area contributed by atoms with Crippen molar-refractivity contribution in [1.82, 2.24) is 10.2 Å². The number of carboxylic acid groups (broad SMARTS) is 1. The van der Waals surface area contributed by atoms with Crippen molar-refractivity contribution in [3.05, 3.63) is 58.6 Å². The van der Waals surface area contributed by atoms with Gasteiger partial charge < -0.3 is 30.2 Å². The summed E-state index contributed by atoms with van der Waals surface area (Å²) in [7, 11) is 0. The van der Waals surface area contributed by atoms with Gasteiger partial charge in [0.05, 0.1) is 16.7 Å². The average molecular weight is 487 g/mol. The lowest BCUT2D eigenvalue weighted by Gasteiger charge is -2.29. The molecule has 1 saturated heterocycles. The molecule has 180 valence electrons. The first-order valence-electron chi connectivity index (χ1n) is 11.1. The van der Waals surface area contributed by atoms with E-state index in [-0.39, 0.29) is 31.1 Å². The molecule has 0 bridgehead atoms. The third kappa shape index (κ3) is 4.95. The van der Waals surface area contributed by atoms with E-state index < -0.39 is 18.5 Å². The zero-order valence-corrected chi connectivity index (χ0v) is 19.5. The molecule has 2 heterocycles. The Labute approximate surface area is 202 Å². The monoisotopic (exact) mass is 486 g/mol. The largest absolute Gasteiger partial charge is 0.480 e. The van der Waals surface area contributed by atoms with Gasteiger partial charge in [0.15, 0.2) is 0 Å². The van der Waals surface area contributed by atoms with E-state index in [0.717, 1.165) is 17.8 Å². The van der Waals surface area contributed by atoms with E-state index in [1.807, 2.05) is 42.2 Å². The molecule has 0 aromatic heterocycles. The number of anilines is 2. The van der Waals surface area contributed by atoms with Crippen molar-refractivity contribution in [2.45, 2.75) is 32.0 Å². The van der Waals surface area contributed by atoms with Crippen LogP contribution in [0.25, 0.3) is 0 Å². The maximum absolute atomic E-state index is 13.6. The summed E-state index contributed by atoms with van der Waals surface area (Å²) in [6, 6.07) is 11.7. The number of halogens is 1. The highest BCUT2D eigenvalue weighted by atomic mass is 35.5. The first-order valence-corrected chi connectivity index (χ1v) is 11.5. The second kappa shape index (κ2) is 9.90. The molecular weight excluding hydrogens is 460 g/mol. The number of nitrogens with zero attached hydrogens (tertiary/aromatic N) is 3. The molecule has 0 radical (unpaired) electrons. The molecule has 2 aromatic carbocycles. The highest BCUT2D eigenvalue weighted by Gasteiger charge is 2.32. The predicted octanol–water partition coefficient (Wildman–Crippen LogP) is 2.56. The van der Waals surface area contributed by atoms with E-state index >= 15 is 0 Å². The molecule has 2 atom stereocenters. The van der Waals surface area contributed by atoms with Crippen LogP contribution in [0, 0.1) is 0 Å². The minimum atomic E-state index is -1.13. The highest BCUT2D eigenvalue weighted by Crippen LogP contribution is 2.32. The number of aliphatic hydroxyl groups excluding tert-OH is 1. The quantitative estimate of drug-likeness (QED) is 0.612. The molecule has 4 rings (SSSR count). The number of β-amino-alcohol motifs (C(OH)–C–C–N with tert-alkyl or cyclic N) is 1. The third-order valence-corrected chi connectivity index (χ3v) is 6.52. The van der Waals surface area contributed by atoms with E-state index in [0.29, 0.717) is 29.2 Å². The molecule has 0 spiro atoms. The fourth-order valence-corrected chi connectivity index (χ4v) is 4.68. The number of carbonyl (C=O) groups is 3. The molecule has 2 aliphatic rings. The van der Waals surface area contributed by atoms with Crippen LogP contribution < -0.4 is 15.1 Å². The second-order valence-electron chi connectivity index (χ2n) is 8.63. The van der Waals surface area contributed by atoms with Gasteiger partial charge in [0.25, 0.3) is 5.91 Å². The minimum Gasteiger partial charge on any atom is -0.480 e. The minimum absolute atomic E-state index is 0.215. The number of carbonyl (C=O) groups excluding carboxylic acids is 2. The summed E-state index contributed by atoms with van der Waals surface area (Å²) in [5.74, 6) is -1.42. The predicted molar refractivity (Wildman–Crippen MR) is 128 cm³/mol. The van der Waals surface area contributed by atoms with Crippen molar-refractivity contribution in [3.63, 3.8) is 0 Å². The van der Waals surface area contributed by atoms with Crippen LogP contribution in [-0.2, 0) is 11.3 Å². The van der Waals surface area contributed by atoms with Crippen molar-refractivity contribution in [3.8, 4) is 0 Å². The highest BCUT2D eigenvalue weighted by molar-refractivity contribution is 6.35. The number of carboxylic acids is 1.